The lowest BCUT2D eigenvalue weighted by molar-refractivity contribution is 0.588. The number of alkyl halides is 1. The van der Waals surface area contributed by atoms with Crippen LogP contribution in [0.15, 0.2) is 44.7 Å². The van der Waals surface area contributed by atoms with E-state index >= 15 is 0 Å². The van der Waals surface area contributed by atoms with Gasteiger partial charge in [-0.25, -0.2) is 0 Å². The predicted octanol–water partition coefficient (Wildman–Crippen LogP) is 5.91. The van der Waals surface area contributed by atoms with Gasteiger partial charge in [-0.05, 0) is 63.8 Å². The number of hydrogen-bond acceptors (Lipinski definition) is 1. The fourth-order valence-electron chi connectivity index (χ4n) is 1.91. The fraction of sp³-hybridized carbons (Fsp3) is 0.286. The number of benzene rings is 1. The molecule has 1 aromatic carbocycles. The SMILES string of the molecule is ClCC(Cc1cccc(Br)c1)Cc1sccc1Br. The first-order chi connectivity index (χ1) is 8.69. The average molecular weight is 409 g/mol. The highest BCUT2D eigenvalue weighted by Gasteiger charge is 2.12. The van der Waals surface area contributed by atoms with E-state index in [4.69, 9.17) is 11.6 Å². The molecule has 0 N–H and O–H groups in total. The zero-order valence-electron chi connectivity index (χ0n) is 9.70. The van der Waals surface area contributed by atoms with E-state index in [2.05, 4.69) is 67.6 Å². The number of thiophene rings is 1. The maximum atomic E-state index is 6.10. The molecule has 0 saturated heterocycles. The fourth-order valence-corrected chi connectivity index (χ4v) is 4.21. The average Bonchev–Trinajstić information content (AvgIpc) is 2.74. The first-order valence-corrected chi connectivity index (χ1v) is 8.71. The Kier molecular flexibility index (Phi) is 5.74. The van der Waals surface area contributed by atoms with Gasteiger partial charge in [0.2, 0.25) is 0 Å². The molecule has 1 unspecified atom stereocenters. The molecule has 0 nitrogen and oxygen atoms in total. The molecule has 0 aliphatic rings. The molecular weight excluding hydrogens is 395 g/mol. The number of halogens is 3. The van der Waals surface area contributed by atoms with Crippen LogP contribution in [0, 0.1) is 5.92 Å². The van der Waals surface area contributed by atoms with E-state index in [1.165, 1.54) is 14.9 Å². The van der Waals surface area contributed by atoms with Gasteiger partial charge in [0.25, 0.3) is 0 Å². The molecular formula is C14H13Br2ClS. The van der Waals surface area contributed by atoms with E-state index in [9.17, 15) is 0 Å². The van der Waals surface area contributed by atoms with Gasteiger partial charge >= 0.3 is 0 Å². The van der Waals surface area contributed by atoms with Crippen molar-refractivity contribution in [3.05, 3.63) is 55.1 Å². The van der Waals surface area contributed by atoms with Gasteiger partial charge in [0, 0.05) is 19.7 Å². The Morgan fingerprint density at radius 3 is 2.61 bits per heavy atom. The van der Waals surface area contributed by atoms with Gasteiger partial charge in [-0.3, -0.25) is 0 Å². The molecule has 96 valence electrons. The van der Waals surface area contributed by atoms with E-state index in [-0.39, 0.29) is 0 Å². The summed E-state index contributed by atoms with van der Waals surface area (Å²) in [6.45, 7) is 0. The second-order valence-electron chi connectivity index (χ2n) is 4.25. The van der Waals surface area contributed by atoms with Crippen LogP contribution in [0.25, 0.3) is 0 Å². The van der Waals surface area contributed by atoms with Crippen molar-refractivity contribution in [2.24, 2.45) is 5.92 Å². The van der Waals surface area contributed by atoms with E-state index < -0.39 is 0 Å². The van der Waals surface area contributed by atoms with Crippen LogP contribution in [0.2, 0.25) is 0 Å². The second kappa shape index (κ2) is 7.09. The molecule has 1 heterocycles. The van der Waals surface area contributed by atoms with E-state index in [0.29, 0.717) is 11.8 Å². The molecule has 18 heavy (non-hydrogen) atoms. The monoisotopic (exact) mass is 406 g/mol. The van der Waals surface area contributed by atoms with Crippen molar-refractivity contribution >= 4 is 54.8 Å². The molecule has 0 amide bonds. The summed E-state index contributed by atoms with van der Waals surface area (Å²) >= 11 is 15.0. The van der Waals surface area contributed by atoms with Crippen LogP contribution in [0.4, 0.5) is 0 Å². The Balaban J connectivity index is 2.04. The molecule has 0 bridgehead atoms. The smallest absolute Gasteiger partial charge is 0.0314 e. The summed E-state index contributed by atoms with van der Waals surface area (Å²) in [7, 11) is 0. The zero-order chi connectivity index (χ0) is 13.0. The van der Waals surface area contributed by atoms with Crippen molar-refractivity contribution < 1.29 is 0 Å². The maximum absolute atomic E-state index is 6.10. The minimum Gasteiger partial charge on any atom is -0.148 e. The van der Waals surface area contributed by atoms with Crippen LogP contribution in [0.3, 0.4) is 0 Å². The van der Waals surface area contributed by atoms with Crippen molar-refractivity contribution in [2.45, 2.75) is 12.8 Å². The molecule has 2 rings (SSSR count). The molecule has 0 fully saturated rings. The van der Waals surface area contributed by atoms with Crippen LogP contribution >= 0.6 is 54.8 Å². The number of hydrogen-bond donors (Lipinski definition) is 0. The van der Waals surface area contributed by atoms with Gasteiger partial charge in [0.1, 0.15) is 0 Å². The minimum atomic E-state index is 0.482. The highest BCUT2D eigenvalue weighted by molar-refractivity contribution is 9.10. The van der Waals surface area contributed by atoms with E-state index in [0.717, 1.165) is 17.3 Å². The minimum absolute atomic E-state index is 0.482. The Morgan fingerprint density at radius 1 is 1.17 bits per heavy atom. The van der Waals surface area contributed by atoms with Crippen molar-refractivity contribution in [3.8, 4) is 0 Å². The molecule has 1 aromatic heterocycles. The molecule has 0 aliphatic heterocycles. The second-order valence-corrected chi connectivity index (χ2v) is 7.33. The van der Waals surface area contributed by atoms with Crippen molar-refractivity contribution in [3.63, 3.8) is 0 Å². The summed E-state index contributed by atoms with van der Waals surface area (Å²) in [4.78, 5) is 1.38. The summed E-state index contributed by atoms with van der Waals surface area (Å²) in [5.41, 5.74) is 1.34. The molecule has 0 saturated carbocycles. The molecule has 0 spiro atoms. The van der Waals surface area contributed by atoms with Crippen molar-refractivity contribution in [1.82, 2.24) is 0 Å². The lowest BCUT2D eigenvalue weighted by Crippen LogP contribution is -2.09. The summed E-state index contributed by atoms with van der Waals surface area (Å²) in [5, 5.41) is 2.11. The van der Waals surface area contributed by atoms with E-state index in [1.807, 2.05) is 0 Å². The standard InChI is InChI=1S/C14H13Br2ClS/c15-12-3-1-2-10(7-12)6-11(9-17)8-14-13(16)4-5-18-14/h1-5,7,11H,6,8-9H2. The van der Waals surface area contributed by atoms with Gasteiger partial charge in [0.05, 0.1) is 0 Å². The Hall–Kier alpha value is 0.170. The Morgan fingerprint density at radius 2 is 2.00 bits per heavy atom. The topological polar surface area (TPSA) is 0 Å². The lowest BCUT2D eigenvalue weighted by Gasteiger charge is -2.13. The van der Waals surface area contributed by atoms with Gasteiger partial charge in [-0.2, -0.15) is 0 Å². The van der Waals surface area contributed by atoms with Crippen LogP contribution in [-0.4, -0.2) is 5.88 Å². The third kappa shape index (κ3) is 4.09. The first kappa shape index (κ1) is 14.6. The highest BCUT2D eigenvalue weighted by Crippen LogP contribution is 2.27. The lowest BCUT2D eigenvalue weighted by atomic mass is 9.97. The molecule has 0 aliphatic carbocycles. The van der Waals surface area contributed by atoms with Gasteiger partial charge < -0.3 is 0 Å². The zero-order valence-corrected chi connectivity index (χ0v) is 14.4. The normalized spacial score (nSPS) is 12.6. The van der Waals surface area contributed by atoms with Gasteiger partial charge in [-0.1, -0.05) is 28.1 Å². The Bertz CT molecular complexity index is 510. The maximum Gasteiger partial charge on any atom is 0.0314 e. The van der Waals surface area contributed by atoms with Crippen LogP contribution in [-0.2, 0) is 12.8 Å². The largest absolute Gasteiger partial charge is 0.148 e. The van der Waals surface area contributed by atoms with Gasteiger partial charge in [-0.15, -0.1) is 22.9 Å². The van der Waals surface area contributed by atoms with Crippen LogP contribution in [0.5, 0.6) is 0 Å². The summed E-state index contributed by atoms with van der Waals surface area (Å²) in [6.07, 6.45) is 2.06. The summed E-state index contributed by atoms with van der Waals surface area (Å²) < 4.78 is 2.34. The van der Waals surface area contributed by atoms with Crippen molar-refractivity contribution in [1.29, 1.82) is 0 Å². The molecule has 1 atom stereocenters. The summed E-state index contributed by atoms with van der Waals surface area (Å²) in [5.74, 6) is 1.17. The van der Waals surface area contributed by atoms with Crippen molar-refractivity contribution in [2.75, 3.05) is 5.88 Å². The molecule has 0 radical (unpaired) electrons. The van der Waals surface area contributed by atoms with Crippen LogP contribution in [0.1, 0.15) is 10.4 Å². The first-order valence-electron chi connectivity index (χ1n) is 5.71. The van der Waals surface area contributed by atoms with Gasteiger partial charge in [0.15, 0.2) is 0 Å². The quantitative estimate of drug-likeness (QED) is 0.539. The molecule has 2 aromatic rings. The highest BCUT2D eigenvalue weighted by atomic mass is 79.9. The van der Waals surface area contributed by atoms with Crippen LogP contribution < -0.4 is 0 Å². The molecule has 4 heteroatoms. The number of rotatable bonds is 5. The van der Waals surface area contributed by atoms with E-state index in [1.54, 1.807) is 11.3 Å². The predicted molar refractivity (Wildman–Crippen MR) is 87.8 cm³/mol. The third-order valence-corrected chi connectivity index (χ3v) is 5.68. The summed E-state index contributed by atoms with van der Waals surface area (Å²) in [6, 6.07) is 10.6. The Labute approximate surface area is 134 Å². The third-order valence-electron chi connectivity index (χ3n) is 2.80.